The molecule has 0 unspecified atom stereocenters. The molecule has 0 aliphatic rings. The summed E-state index contributed by atoms with van der Waals surface area (Å²) < 4.78 is 25.5. The van der Waals surface area contributed by atoms with Crippen LogP contribution < -0.4 is 9.62 Å². The van der Waals surface area contributed by atoms with Crippen LogP contribution in [0.1, 0.15) is 6.92 Å². The smallest absolute Gasteiger partial charge is 0.247 e. The molecular formula is C16H15Cl3N2O3S. The second-order valence-electron chi connectivity index (χ2n) is 5.36. The molecule has 0 bridgehead atoms. The number of carbonyl (C=O) groups excluding carboxylic acids is 1. The summed E-state index contributed by atoms with van der Waals surface area (Å²) in [5.74, 6) is -0.524. The Hall–Kier alpha value is -1.47. The van der Waals surface area contributed by atoms with Crippen molar-refractivity contribution in [3.05, 3.63) is 57.5 Å². The van der Waals surface area contributed by atoms with Gasteiger partial charge in [0, 0.05) is 20.8 Å². The minimum Gasteiger partial charge on any atom is -0.324 e. The topological polar surface area (TPSA) is 66.5 Å². The fourth-order valence-corrected chi connectivity index (χ4v) is 4.15. The highest BCUT2D eigenvalue weighted by atomic mass is 35.5. The average molecular weight is 422 g/mol. The third-order valence-corrected chi connectivity index (χ3v) is 5.20. The van der Waals surface area contributed by atoms with Gasteiger partial charge >= 0.3 is 0 Å². The van der Waals surface area contributed by atoms with Crippen LogP contribution in [0.5, 0.6) is 0 Å². The van der Waals surface area contributed by atoms with Gasteiger partial charge < -0.3 is 5.32 Å². The Balaban J connectivity index is 2.36. The van der Waals surface area contributed by atoms with Crippen molar-refractivity contribution < 1.29 is 13.2 Å². The van der Waals surface area contributed by atoms with Crippen molar-refractivity contribution in [3.8, 4) is 0 Å². The van der Waals surface area contributed by atoms with Gasteiger partial charge in [-0.3, -0.25) is 9.10 Å². The molecule has 2 aromatic carbocycles. The van der Waals surface area contributed by atoms with Crippen LogP contribution in [0.3, 0.4) is 0 Å². The second-order valence-corrected chi connectivity index (χ2v) is 8.53. The lowest BCUT2D eigenvalue weighted by Gasteiger charge is -2.28. The highest BCUT2D eigenvalue weighted by Gasteiger charge is 2.29. The molecule has 2 aromatic rings. The Morgan fingerprint density at radius 3 is 2.16 bits per heavy atom. The van der Waals surface area contributed by atoms with Crippen LogP contribution in [0, 0.1) is 0 Å². The van der Waals surface area contributed by atoms with Crippen LogP contribution >= 0.6 is 34.8 Å². The Kier molecular flexibility index (Phi) is 6.21. The number of anilines is 2. The first-order chi connectivity index (χ1) is 11.6. The largest absolute Gasteiger partial charge is 0.324 e. The Bertz CT molecular complexity index is 883. The third-order valence-electron chi connectivity index (χ3n) is 3.28. The molecule has 0 heterocycles. The van der Waals surface area contributed by atoms with Crippen LogP contribution in [0.4, 0.5) is 11.4 Å². The minimum atomic E-state index is -3.77. The number of hydrogen-bond donors (Lipinski definition) is 1. The molecule has 1 amide bonds. The van der Waals surface area contributed by atoms with Crippen LogP contribution in [0.25, 0.3) is 0 Å². The van der Waals surface area contributed by atoms with Gasteiger partial charge in [-0.05, 0) is 43.3 Å². The van der Waals surface area contributed by atoms with Crippen molar-refractivity contribution in [2.75, 3.05) is 15.9 Å². The number of amides is 1. The number of halogens is 3. The quantitative estimate of drug-likeness (QED) is 0.776. The van der Waals surface area contributed by atoms with Crippen molar-refractivity contribution in [2.24, 2.45) is 0 Å². The van der Waals surface area contributed by atoms with Gasteiger partial charge in [0.1, 0.15) is 6.04 Å². The number of nitrogens with zero attached hydrogens (tertiary/aromatic N) is 1. The third kappa shape index (κ3) is 5.25. The summed E-state index contributed by atoms with van der Waals surface area (Å²) in [5, 5.41) is 3.61. The number of rotatable bonds is 5. The maximum absolute atomic E-state index is 12.5. The minimum absolute atomic E-state index is 0.203. The molecule has 0 aliphatic heterocycles. The highest BCUT2D eigenvalue weighted by Crippen LogP contribution is 2.29. The summed E-state index contributed by atoms with van der Waals surface area (Å²) in [4.78, 5) is 12.5. The lowest BCUT2D eigenvalue weighted by molar-refractivity contribution is -0.116. The molecule has 0 aromatic heterocycles. The Morgan fingerprint density at radius 1 is 1.04 bits per heavy atom. The fraction of sp³-hybridized carbons (Fsp3) is 0.188. The van der Waals surface area contributed by atoms with Crippen molar-refractivity contribution in [3.63, 3.8) is 0 Å². The van der Waals surface area contributed by atoms with Gasteiger partial charge in [-0.1, -0.05) is 40.9 Å². The van der Waals surface area contributed by atoms with Gasteiger partial charge in [0.05, 0.1) is 11.9 Å². The second kappa shape index (κ2) is 7.83. The molecule has 5 nitrogen and oxygen atoms in total. The number of hydrogen-bond acceptors (Lipinski definition) is 3. The summed E-state index contributed by atoms with van der Waals surface area (Å²) in [6, 6.07) is 9.85. The first-order valence-corrected chi connectivity index (χ1v) is 10.1. The predicted molar refractivity (Wildman–Crippen MR) is 103 cm³/mol. The molecule has 2 rings (SSSR count). The van der Waals surface area contributed by atoms with Crippen molar-refractivity contribution in [2.45, 2.75) is 13.0 Å². The van der Waals surface area contributed by atoms with Crippen LogP contribution in [-0.2, 0) is 14.8 Å². The van der Waals surface area contributed by atoms with E-state index >= 15 is 0 Å². The summed E-state index contributed by atoms with van der Waals surface area (Å²) in [6.07, 6.45) is 1.00. The molecule has 0 aliphatic carbocycles. The number of nitrogens with one attached hydrogen (secondary N) is 1. The van der Waals surface area contributed by atoms with Gasteiger partial charge in [-0.15, -0.1) is 0 Å². The van der Waals surface area contributed by atoms with E-state index in [1.54, 1.807) is 24.3 Å². The van der Waals surface area contributed by atoms with Crippen LogP contribution in [-0.4, -0.2) is 26.6 Å². The Labute approximate surface area is 161 Å². The first kappa shape index (κ1) is 19.8. The van der Waals surface area contributed by atoms with E-state index in [2.05, 4.69) is 5.32 Å². The SMILES string of the molecule is C[C@H](C(=O)Nc1cccc(Cl)c1)N(c1cc(Cl)cc(Cl)c1)S(C)(=O)=O. The van der Waals surface area contributed by atoms with E-state index in [0.29, 0.717) is 10.7 Å². The molecular weight excluding hydrogens is 407 g/mol. The maximum atomic E-state index is 12.5. The fourth-order valence-electron chi connectivity index (χ4n) is 2.29. The molecule has 0 saturated heterocycles. The van der Waals surface area contributed by atoms with E-state index in [4.69, 9.17) is 34.8 Å². The number of sulfonamides is 1. The van der Waals surface area contributed by atoms with Gasteiger partial charge in [0.25, 0.3) is 0 Å². The van der Waals surface area contributed by atoms with E-state index in [1.807, 2.05) is 0 Å². The number of benzene rings is 2. The van der Waals surface area contributed by atoms with E-state index in [9.17, 15) is 13.2 Å². The van der Waals surface area contributed by atoms with Crippen molar-refractivity contribution >= 4 is 62.1 Å². The molecule has 0 radical (unpaired) electrons. The van der Waals surface area contributed by atoms with Crippen molar-refractivity contribution in [1.82, 2.24) is 0 Å². The molecule has 0 saturated carbocycles. The van der Waals surface area contributed by atoms with Gasteiger partial charge in [-0.25, -0.2) is 8.42 Å². The van der Waals surface area contributed by atoms with Gasteiger partial charge in [0.2, 0.25) is 15.9 Å². The first-order valence-electron chi connectivity index (χ1n) is 7.10. The molecule has 0 fully saturated rings. The van der Waals surface area contributed by atoms with Gasteiger partial charge in [-0.2, -0.15) is 0 Å². The normalized spacial score (nSPS) is 12.5. The van der Waals surface area contributed by atoms with Gasteiger partial charge in [0.15, 0.2) is 0 Å². The lowest BCUT2D eigenvalue weighted by Crippen LogP contribution is -2.45. The predicted octanol–water partition coefficient (Wildman–Crippen LogP) is 4.44. The molecule has 1 atom stereocenters. The summed E-state index contributed by atoms with van der Waals surface area (Å²) in [6.45, 7) is 1.47. The standard InChI is InChI=1S/C16H15Cl3N2O3S/c1-10(16(22)20-14-5-3-4-11(17)7-14)21(25(2,23)24)15-8-12(18)6-13(19)9-15/h3-10H,1-2H3,(H,20,22)/t10-/m1/s1. The molecule has 25 heavy (non-hydrogen) atoms. The zero-order valence-corrected chi connectivity index (χ0v) is 16.4. The molecule has 1 N–H and O–H groups in total. The molecule has 9 heteroatoms. The molecule has 0 spiro atoms. The van der Waals surface area contributed by atoms with E-state index in [1.165, 1.54) is 25.1 Å². The van der Waals surface area contributed by atoms with Crippen LogP contribution in [0.2, 0.25) is 15.1 Å². The van der Waals surface area contributed by atoms with Crippen molar-refractivity contribution in [1.29, 1.82) is 0 Å². The molecule has 134 valence electrons. The monoisotopic (exact) mass is 420 g/mol. The zero-order chi connectivity index (χ0) is 18.8. The Morgan fingerprint density at radius 2 is 1.64 bits per heavy atom. The lowest BCUT2D eigenvalue weighted by atomic mass is 10.2. The summed E-state index contributed by atoms with van der Waals surface area (Å²) in [5.41, 5.74) is 0.663. The summed E-state index contributed by atoms with van der Waals surface area (Å²) in [7, 11) is -3.77. The van der Waals surface area contributed by atoms with Crippen LogP contribution in [0.15, 0.2) is 42.5 Å². The maximum Gasteiger partial charge on any atom is 0.247 e. The number of carbonyl (C=O) groups is 1. The summed E-state index contributed by atoms with van der Waals surface area (Å²) >= 11 is 17.8. The zero-order valence-electron chi connectivity index (χ0n) is 13.3. The van der Waals surface area contributed by atoms with E-state index < -0.39 is 22.0 Å². The van der Waals surface area contributed by atoms with E-state index in [-0.39, 0.29) is 15.7 Å². The average Bonchev–Trinajstić information content (AvgIpc) is 2.44. The van der Waals surface area contributed by atoms with E-state index in [0.717, 1.165) is 10.6 Å². The highest BCUT2D eigenvalue weighted by molar-refractivity contribution is 7.92.